The smallest absolute Gasteiger partial charge is 0.335 e. The van der Waals surface area contributed by atoms with Crippen LogP contribution in [0.25, 0.3) is 0 Å². The number of aliphatic hydroxyl groups excluding tert-OH is 2. The maximum Gasteiger partial charge on any atom is 0.335 e. The van der Waals surface area contributed by atoms with E-state index < -0.39 is 67.3 Å². The number of carbonyl (C=O) groups excluding carboxylic acids is 3. The van der Waals surface area contributed by atoms with Gasteiger partial charge in [0.1, 0.15) is 18.8 Å². The molecular formula is C69H110O12. The van der Waals surface area contributed by atoms with Crippen LogP contribution in [0.5, 0.6) is 0 Å². The van der Waals surface area contributed by atoms with E-state index in [1.807, 2.05) is 0 Å². The lowest BCUT2D eigenvalue weighted by molar-refractivity contribution is -0.301. The number of ether oxygens (including phenoxy) is 5. The maximum absolute atomic E-state index is 13.2. The molecule has 0 amide bonds. The van der Waals surface area contributed by atoms with Crippen LogP contribution in [0.4, 0.5) is 0 Å². The number of hydrogen-bond donors (Lipinski definition) is 3. The number of carbonyl (C=O) groups is 4. The number of carboxylic acid groups (broad SMARTS) is 1. The second kappa shape index (κ2) is 55.6. The summed E-state index contributed by atoms with van der Waals surface area (Å²) in [4.78, 5) is 51.3. The third-order valence-electron chi connectivity index (χ3n) is 13.5. The average molecular weight is 1130 g/mol. The third kappa shape index (κ3) is 45.3. The normalized spacial score (nSPS) is 18.6. The van der Waals surface area contributed by atoms with Crippen LogP contribution in [-0.2, 0) is 42.9 Å². The SMILES string of the molecule is CC/C=C\C/C=C\C/C=C\C/C=C\C/C=C\CCCCCC(=O)OCC(COC1OC(C(=O)O)C(O)C(O)C1OC(=O)CCCCC/C=C\C/C=C\C/C=C\CC)OC(=O)CCCCCCCCCCC/C=C\C/C=C\CCCCC. The van der Waals surface area contributed by atoms with E-state index in [2.05, 4.69) is 142 Å². The quantitative estimate of drug-likeness (QED) is 0.0228. The highest BCUT2D eigenvalue weighted by atomic mass is 16.7. The van der Waals surface area contributed by atoms with Crippen LogP contribution in [0.2, 0.25) is 0 Å². The van der Waals surface area contributed by atoms with Gasteiger partial charge in [0.2, 0.25) is 0 Å². The van der Waals surface area contributed by atoms with Crippen molar-refractivity contribution in [3.63, 3.8) is 0 Å². The summed E-state index contributed by atoms with van der Waals surface area (Å²) in [5.74, 6) is -3.22. The zero-order valence-corrected chi connectivity index (χ0v) is 50.5. The Labute approximate surface area is 490 Å². The van der Waals surface area contributed by atoms with Crippen molar-refractivity contribution in [2.75, 3.05) is 13.2 Å². The molecule has 1 aliphatic rings. The molecule has 1 saturated heterocycles. The molecule has 0 aromatic rings. The first kappa shape index (κ1) is 74.1. The first-order chi connectivity index (χ1) is 39.6. The molecule has 1 aliphatic heterocycles. The Morgan fingerprint density at radius 2 is 0.778 bits per heavy atom. The average Bonchev–Trinajstić information content (AvgIpc) is 3.46. The molecule has 0 spiro atoms. The third-order valence-corrected chi connectivity index (χ3v) is 13.5. The Morgan fingerprint density at radius 3 is 1.20 bits per heavy atom. The van der Waals surface area contributed by atoms with Gasteiger partial charge < -0.3 is 39.0 Å². The first-order valence-corrected chi connectivity index (χ1v) is 31.5. The number of allylic oxidation sites excluding steroid dienone is 20. The van der Waals surface area contributed by atoms with Gasteiger partial charge in [-0.15, -0.1) is 0 Å². The molecule has 1 rings (SSSR count). The second-order valence-electron chi connectivity index (χ2n) is 20.9. The van der Waals surface area contributed by atoms with Crippen LogP contribution >= 0.6 is 0 Å². The van der Waals surface area contributed by atoms with Crippen LogP contribution in [0, 0.1) is 0 Å². The van der Waals surface area contributed by atoms with Gasteiger partial charge in [-0.2, -0.15) is 0 Å². The lowest BCUT2D eigenvalue weighted by Gasteiger charge is -2.40. The summed E-state index contributed by atoms with van der Waals surface area (Å²) in [6, 6.07) is 0. The largest absolute Gasteiger partial charge is 0.479 e. The highest BCUT2D eigenvalue weighted by Crippen LogP contribution is 2.26. The number of aliphatic carboxylic acids is 1. The van der Waals surface area contributed by atoms with Crippen LogP contribution in [0.3, 0.4) is 0 Å². The first-order valence-electron chi connectivity index (χ1n) is 31.5. The van der Waals surface area contributed by atoms with E-state index in [1.165, 1.54) is 51.4 Å². The molecule has 6 unspecified atom stereocenters. The van der Waals surface area contributed by atoms with Crippen LogP contribution < -0.4 is 0 Å². The van der Waals surface area contributed by atoms with Gasteiger partial charge in [-0.05, 0) is 128 Å². The van der Waals surface area contributed by atoms with E-state index in [-0.39, 0.29) is 25.9 Å². The molecular weight excluding hydrogens is 1020 g/mol. The van der Waals surface area contributed by atoms with Crippen molar-refractivity contribution in [3.8, 4) is 0 Å². The Kier molecular flexibility index (Phi) is 50.9. The summed E-state index contributed by atoms with van der Waals surface area (Å²) >= 11 is 0. The van der Waals surface area contributed by atoms with Crippen LogP contribution in [0.15, 0.2) is 122 Å². The fourth-order valence-electron chi connectivity index (χ4n) is 8.73. The van der Waals surface area contributed by atoms with Crippen molar-refractivity contribution in [1.82, 2.24) is 0 Å². The molecule has 6 atom stereocenters. The lowest BCUT2D eigenvalue weighted by atomic mass is 9.98. The van der Waals surface area contributed by atoms with Gasteiger partial charge in [0.15, 0.2) is 24.6 Å². The van der Waals surface area contributed by atoms with Gasteiger partial charge in [-0.25, -0.2) is 4.79 Å². The lowest BCUT2D eigenvalue weighted by Crippen LogP contribution is -2.61. The van der Waals surface area contributed by atoms with Gasteiger partial charge >= 0.3 is 23.9 Å². The fraction of sp³-hybridized carbons (Fsp3) is 0.652. The predicted octanol–water partition coefficient (Wildman–Crippen LogP) is 16.8. The van der Waals surface area contributed by atoms with Gasteiger partial charge in [-0.3, -0.25) is 14.4 Å². The molecule has 12 nitrogen and oxygen atoms in total. The van der Waals surface area contributed by atoms with Crippen molar-refractivity contribution >= 4 is 23.9 Å². The molecule has 81 heavy (non-hydrogen) atoms. The molecule has 1 heterocycles. The van der Waals surface area contributed by atoms with Gasteiger partial charge in [0.05, 0.1) is 6.61 Å². The number of aliphatic hydroxyl groups is 2. The van der Waals surface area contributed by atoms with Crippen molar-refractivity contribution in [2.24, 2.45) is 0 Å². The minimum Gasteiger partial charge on any atom is -0.479 e. The van der Waals surface area contributed by atoms with Gasteiger partial charge in [0, 0.05) is 19.3 Å². The Balaban J connectivity index is 2.71. The van der Waals surface area contributed by atoms with Gasteiger partial charge in [-0.1, -0.05) is 213 Å². The summed E-state index contributed by atoms with van der Waals surface area (Å²) < 4.78 is 28.4. The molecule has 0 aromatic carbocycles. The number of hydrogen-bond acceptors (Lipinski definition) is 11. The molecule has 458 valence electrons. The Morgan fingerprint density at radius 1 is 0.420 bits per heavy atom. The van der Waals surface area contributed by atoms with E-state index >= 15 is 0 Å². The molecule has 0 aliphatic carbocycles. The Hall–Kier alpha value is -4.88. The van der Waals surface area contributed by atoms with E-state index in [9.17, 15) is 34.5 Å². The summed E-state index contributed by atoms with van der Waals surface area (Å²) in [6.07, 6.45) is 64.5. The number of carboxylic acids is 1. The predicted molar refractivity (Wildman–Crippen MR) is 330 cm³/mol. The molecule has 3 N–H and O–H groups in total. The second-order valence-corrected chi connectivity index (χ2v) is 20.9. The minimum absolute atomic E-state index is 0.0155. The Bertz CT molecular complexity index is 1870. The summed E-state index contributed by atoms with van der Waals surface area (Å²) in [5.41, 5.74) is 0. The highest BCUT2D eigenvalue weighted by molar-refractivity contribution is 5.74. The maximum atomic E-state index is 13.2. The van der Waals surface area contributed by atoms with E-state index in [4.69, 9.17) is 23.7 Å². The van der Waals surface area contributed by atoms with Crippen molar-refractivity contribution in [1.29, 1.82) is 0 Å². The topological polar surface area (TPSA) is 175 Å². The number of esters is 3. The minimum atomic E-state index is -1.92. The standard InChI is InChI=1S/C69H110O12/c1-4-7-10-13-16-19-22-25-27-29-31-33-35-38-40-43-46-49-52-55-61(70)77-58-60(79-62(71)56-53-50-47-44-42-39-36-34-32-30-28-26-23-20-17-14-11-8-5-2)59-78-69-67(65(74)64(73)66(81-69)68(75)76)80-63(72)57-54-51-48-45-41-37-24-21-18-15-12-9-6-3/h7,9-10,12,16-21,25-28,31,33,37-38,40-41,60,64-67,69,73-74H,4-6,8,11,13-15,22-24,29-30,32,34-36,39,42-59H2,1-3H3,(H,75,76)/b10-7-,12-9-,19-16-,20-17-,21-18-,27-25-,28-26-,33-31-,40-38-,41-37-. The summed E-state index contributed by atoms with van der Waals surface area (Å²) in [5, 5.41) is 31.5. The van der Waals surface area contributed by atoms with Crippen LogP contribution in [0.1, 0.15) is 239 Å². The monoisotopic (exact) mass is 1130 g/mol. The van der Waals surface area contributed by atoms with E-state index in [0.29, 0.717) is 19.3 Å². The van der Waals surface area contributed by atoms with Gasteiger partial charge in [0.25, 0.3) is 0 Å². The summed E-state index contributed by atoms with van der Waals surface area (Å²) in [7, 11) is 0. The molecule has 0 saturated carbocycles. The molecule has 0 radical (unpaired) electrons. The fourth-order valence-corrected chi connectivity index (χ4v) is 8.73. The zero-order valence-electron chi connectivity index (χ0n) is 50.5. The van der Waals surface area contributed by atoms with Crippen molar-refractivity contribution in [2.45, 2.75) is 276 Å². The van der Waals surface area contributed by atoms with Crippen molar-refractivity contribution in [3.05, 3.63) is 122 Å². The van der Waals surface area contributed by atoms with Crippen LogP contribution in [-0.4, -0.2) is 89.2 Å². The highest BCUT2D eigenvalue weighted by Gasteiger charge is 2.50. The molecule has 0 bridgehead atoms. The summed E-state index contributed by atoms with van der Waals surface area (Å²) in [6.45, 7) is 5.70. The van der Waals surface area contributed by atoms with E-state index in [1.54, 1.807) is 0 Å². The molecule has 1 fully saturated rings. The molecule has 12 heteroatoms. The zero-order chi connectivity index (χ0) is 58.9. The molecule has 0 aromatic heterocycles. The van der Waals surface area contributed by atoms with Crippen molar-refractivity contribution < 1.29 is 58.2 Å². The number of rotatable bonds is 52. The number of unbranched alkanes of at least 4 members (excludes halogenated alkanes) is 18. The van der Waals surface area contributed by atoms with E-state index in [0.717, 1.165) is 128 Å².